The van der Waals surface area contributed by atoms with Crippen molar-refractivity contribution in [1.29, 1.82) is 0 Å². The normalized spacial score (nSPS) is 27.4. The molecule has 0 aromatic heterocycles. The highest BCUT2D eigenvalue weighted by molar-refractivity contribution is 5.91. The Kier molecular flexibility index (Phi) is 3.63. The van der Waals surface area contributed by atoms with E-state index in [1.165, 1.54) is 0 Å². The molecular formula is C10H16O4. The lowest BCUT2D eigenvalue weighted by Crippen LogP contribution is -2.43. The van der Waals surface area contributed by atoms with E-state index >= 15 is 0 Å². The highest BCUT2D eigenvalue weighted by Gasteiger charge is 2.39. The Bertz CT molecular complexity index is 236. The van der Waals surface area contributed by atoms with Crippen LogP contribution in [0.25, 0.3) is 0 Å². The van der Waals surface area contributed by atoms with Crippen LogP contribution in [-0.4, -0.2) is 29.1 Å². The van der Waals surface area contributed by atoms with Gasteiger partial charge in [-0.05, 0) is 26.2 Å². The summed E-state index contributed by atoms with van der Waals surface area (Å²) in [5.41, 5.74) is -1.45. The second kappa shape index (κ2) is 4.55. The second-order valence-corrected chi connectivity index (χ2v) is 3.64. The van der Waals surface area contributed by atoms with E-state index < -0.39 is 11.6 Å². The quantitative estimate of drug-likeness (QED) is 0.685. The molecule has 0 aliphatic heterocycles. The lowest BCUT2D eigenvalue weighted by atomic mass is 9.81. The molecule has 0 aromatic rings. The van der Waals surface area contributed by atoms with Crippen LogP contribution in [-0.2, 0) is 14.3 Å². The minimum atomic E-state index is -1.45. The molecule has 1 aliphatic carbocycles. The maximum atomic E-state index is 11.4. The molecule has 0 radical (unpaired) electrons. The number of hydrogen-bond acceptors (Lipinski definition) is 4. The van der Waals surface area contributed by atoms with Crippen LogP contribution in [0.4, 0.5) is 0 Å². The number of esters is 1. The molecule has 14 heavy (non-hydrogen) atoms. The maximum Gasteiger partial charge on any atom is 0.309 e. The Morgan fingerprint density at radius 2 is 2.29 bits per heavy atom. The molecule has 1 fully saturated rings. The lowest BCUT2D eigenvalue weighted by Gasteiger charge is -2.29. The summed E-state index contributed by atoms with van der Waals surface area (Å²) in [6.07, 6.45) is 2.16. The summed E-state index contributed by atoms with van der Waals surface area (Å²) in [7, 11) is 0. The van der Waals surface area contributed by atoms with Crippen LogP contribution in [0, 0.1) is 0 Å². The molecule has 80 valence electrons. The Hall–Kier alpha value is -0.900. The third-order valence-electron chi connectivity index (χ3n) is 2.51. The van der Waals surface area contributed by atoms with Crippen molar-refractivity contribution >= 4 is 11.8 Å². The third-order valence-corrected chi connectivity index (χ3v) is 2.51. The predicted octanol–water partition coefficient (Wildman–Crippen LogP) is 0.814. The van der Waals surface area contributed by atoms with Gasteiger partial charge < -0.3 is 9.84 Å². The van der Waals surface area contributed by atoms with Crippen LogP contribution in [0.3, 0.4) is 0 Å². The Labute approximate surface area is 83.2 Å². The Morgan fingerprint density at radius 3 is 2.86 bits per heavy atom. The number of ketones is 1. The van der Waals surface area contributed by atoms with E-state index in [0.29, 0.717) is 12.8 Å². The summed E-state index contributed by atoms with van der Waals surface area (Å²) in [4.78, 5) is 22.5. The van der Waals surface area contributed by atoms with Crippen molar-refractivity contribution in [2.45, 2.75) is 44.6 Å². The fourth-order valence-corrected chi connectivity index (χ4v) is 1.71. The highest BCUT2D eigenvalue weighted by Crippen LogP contribution is 2.28. The smallest absolute Gasteiger partial charge is 0.309 e. The number of rotatable bonds is 3. The summed E-state index contributed by atoms with van der Waals surface area (Å²) < 4.78 is 4.71. The second-order valence-electron chi connectivity index (χ2n) is 3.64. The maximum absolute atomic E-state index is 11.4. The molecule has 1 saturated carbocycles. The number of aliphatic hydroxyl groups is 1. The molecule has 4 heteroatoms. The van der Waals surface area contributed by atoms with Gasteiger partial charge in [-0.1, -0.05) is 0 Å². The van der Waals surface area contributed by atoms with Crippen molar-refractivity contribution in [3.05, 3.63) is 0 Å². The average molecular weight is 200 g/mol. The van der Waals surface area contributed by atoms with E-state index in [0.717, 1.165) is 12.8 Å². The van der Waals surface area contributed by atoms with Crippen LogP contribution >= 0.6 is 0 Å². The van der Waals surface area contributed by atoms with Crippen LogP contribution in [0.15, 0.2) is 0 Å². The van der Waals surface area contributed by atoms with Crippen molar-refractivity contribution in [2.75, 3.05) is 6.61 Å². The van der Waals surface area contributed by atoms with Crippen molar-refractivity contribution in [3.8, 4) is 0 Å². The van der Waals surface area contributed by atoms with E-state index in [1.807, 2.05) is 0 Å². The first-order valence-corrected chi connectivity index (χ1v) is 5.00. The molecule has 0 unspecified atom stereocenters. The van der Waals surface area contributed by atoms with Gasteiger partial charge >= 0.3 is 5.97 Å². The van der Waals surface area contributed by atoms with Gasteiger partial charge in [-0.15, -0.1) is 0 Å². The monoisotopic (exact) mass is 200 g/mol. The minimum absolute atomic E-state index is 0.195. The SMILES string of the molecule is CCOC(=O)C[C@]1(O)CCCCC1=O. The summed E-state index contributed by atoms with van der Waals surface area (Å²) in [5, 5.41) is 9.89. The summed E-state index contributed by atoms with van der Waals surface area (Å²) in [6, 6.07) is 0. The van der Waals surface area contributed by atoms with E-state index in [-0.39, 0.29) is 18.8 Å². The molecule has 1 aliphatic rings. The molecule has 0 bridgehead atoms. The van der Waals surface area contributed by atoms with Crippen LogP contribution in [0.1, 0.15) is 39.0 Å². The van der Waals surface area contributed by atoms with Crippen LogP contribution < -0.4 is 0 Å². The van der Waals surface area contributed by atoms with Crippen LogP contribution in [0.5, 0.6) is 0 Å². The van der Waals surface area contributed by atoms with Gasteiger partial charge in [-0.2, -0.15) is 0 Å². The molecule has 0 saturated heterocycles. The summed E-state index contributed by atoms with van der Waals surface area (Å²) in [5.74, 6) is -0.720. The van der Waals surface area contributed by atoms with Gasteiger partial charge in [0.05, 0.1) is 13.0 Å². The van der Waals surface area contributed by atoms with E-state index in [2.05, 4.69) is 0 Å². The van der Waals surface area contributed by atoms with Gasteiger partial charge in [0, 0.05) is 6.42 Å². The van der Waals surface area contributed by atoms with Crippen LogP contribution in [0.2, 0.25) is 0 Å². The molecule has 1 N–H and O–H groups in total. The third kappa shape index (κ3) is 2.54. The minimum Gasteiger partial charge on any atom is -0.466 e. The molecule has 0 heterocycles. The van der Waals surface area contributed by atoms with E-state index in [9.17, 15) is 14.7 Å². The molecule has 1 atom stereocenters. The van der Waals surface area contributed by atoms with E-state index in [4.69, 9.17) is 4.74 Å². The highest BCUT2D eigenvalue weighted by atomic mass is 16.5. The molecule has 0 aromatic carbocycles. The van der Waals surface area contributed by atoms with Crippen molar-refractivity contribution in [3.63, 3.8) is 0 Å². The lowest BCUT2D eigenvalue weighted by molar-refractivity contribution is -0.157. The molecule has 1 rings (SSSR count). The standard InChI is InChI=1S/C10H16O4/c1-2-14-9(12)7-10(13)6-4-3-5-8(10)11/h13H,2-7H2,1H3/t10-/m1/s1. The summed E-state index contributed by atoms with van der Waals surface area (Å²) >= 11 is 0. The van der Waals surface area contributed by atoms with Gasteiger partial charge in [0.2, 0.25) is 0 Å². The molecule has 0 amide bonds. The van der Waals surface area contributed by atoms with Gasteiger partial charge in [0.1, 0.15) is 5.60 Å². The van der Waals surface area contributed by atoms with Gasteiger partial charge in [0.25, 0.3) is 0 Å². The molecule has 0 spiro atoms. The number of carbonyl (C=O) groups excluding carboxylic acids is 2. The Balaban J connectivity index is 2.55. The topological polar surface area (TPSA) is 63.6 Å². The zero-order valence-electron chi connectivity index (χ0n) is 8.41. The summed E-state index contributed by atoms with van der Waals surface area (Å²) in [6.45, 7) is 1.98. The number of carbonyl (C=O) groups is 2. The first-order valence-electron chi connectivity index (χ1n) is 5.00. The Morgan fingerprint density at radius 1 is 1.57 bits per heavy atom. The number of hydrogen-bond donors (Lipinski definition) is 1. The fourth-order valence-electron chi connectivity index (χ4n) is 1.71. The zero-order chi connectivity index (χ0) is 10.6. The predicted molar refractivity (Wildman–Crippen MR) is 49.7 cm³/mol. The first kappa shape index (κ1) is 11.2. The van der Waals surface area contributed by atoms with Gasteiger partial charge in [-0.25, -0.2) is 0 Å². The number of ether oxygens (including phenoxy) is 1. The number of Topliss-reactive ketones (excluding diaryl/α,β-unsaturated/α-hetero) is 1. The largest absolute Gasteiger partial charge is 0.466 e. The van der Waals surface area contributed by atoms with E-state index in [1.54, 1.807) is 6.92 Å². The van der Waals surface area contributed by atoms with Gasteiger partial charge in [-0.3, -0.25) is 9.59 Å². The fraction of sp³-hybridized carbons (Fsp3) is 0.800. The average Bonchev–Trinajstić information content (AvgIpc) is 2.10. The van der Waals surface area contributed by atoms with Crippen molar-refractivity contribution in [2.24, 2.45) is 0 Å². The van der Waals surface area contributed by atoms with Crippen molar-refractivity contribution < 1.29 is 19.4 Å². The first-order chi connectivity index (χ1) is 6.58. The zero-order valence-corrected chi connectivity index (χ0v) is 8.41. The molecular weight excluding hydrogens is 184 g/mol. The van der Waals surface area contributed by atoms with Crippen molar-refractivity contribution in [1.82, 2.24) is 0 Å². The van der Waals surface area contributed by atoms with Gasteiger partial charge in [0.15, 0.2) is 5.78 Å². The molecule has 4 nitrogen and oxygen atoms in total.